The molecule has 4 aliphatic rings. The van der Waals surface area contributed by atoms with Gasteiger partial charge in [0.25, 0.3) is 0 Å². The van der Waals surface area contributed by atoms with Gasteiger partial charge in [-0.2, -0.15) is 0 Å². The Hall–Kier alpha value is -2.16. The fourth-order valence-electron chi connectivity index (χ4n) is 12.8. The molecule has 4 aliphatic heterocycles. The van der Waals surface area contributed by atoms with Gasteiger partial charge in [0, 0.05) is 13.3 Å². The first kappa shape index (κ1) is 83.3. The van der Waals surface area contributed by atoms with Gasteiger partial charge in [-0.15, -0.1) is 0 Å². The molecule has 0 aromatic carbocycles. The number of carbonyl (C=O) groups excluding carboxylic acids is 2. The summed E-state index contributed by atoms with van der Waals surface area (Å²) in [4.78, 5) is 25.5. The van der Waals surface area contributed by atoms with Crippen molar-refractivity contribution in [3.8, 4) is 0 Å². The van der Waals surface area contributed by atoms with Crippen molar-refractivity contribution in [3.05, 3.63) is 12.2 Å². The van der Waals surface area contributed by atoms with Crippen LogP contribution in [-0.4, -0.2) is 246 Å². The van der Waals surface area contributed by atoms with Gasteiger partial charge in [-0.3, -0.25) is 9.59 Å². The number of nitrogens with one attached hydrogen (secondary N) is 2. The highest BCUT2D eigenvalue weighted by atomic mass is 16.8. The fourth-order valence-corrected chi connectivity index (χ4v) is 12.8. The van der Waals surface area contributed by atoms with Crippen LogP contribution in [-0.2, 0) is 47.5 Å². The molecule has 25 nitrogen and oxygen atoms in total. The van der Waals surface area contributed by atoms with Crippen LogP contribution in [0.2, 0.25) is 0 Å². The van der Waals surface area contributed by atoms with Crippen LogP contribution in [0.5, 0.6) is 0 Å². The first-order valence-electron chi connectivity index (χ1n) is 35.9. The second-order valence-electron chi connectivity index (χ2n) is 26.4. The molecule has 4 saturated heterocycles. The summed E-state index contributed by atoms with van der Waals surface area (Å²) in [6.45, 7) is 1.65. The largest absolute Gasteiger partial charge is 0.394 e. The summed E-state index contributed by atoms with van der Waals surface area (Å²) in [5.74, 6) is -0.999. The highest BCUT2D eigenvalue weighted by Gasteiger charge is 2.56. The number of unbranched alkanes of at least 4 members (excludes halogenated alkanes) is 31. The number of aliphatic hydroxyl groups is 13. The van der Waals surface area contributed by atoms with Crippen LogP contribution in [0.4, 0.5) is 0 Å². The zero-order valence-electron chi connectivity index (χ0n) is 56.3. The number of rotatable bonds is 51. The third kappa shape index (κ3) is 29.7. The highest BCUT2D eigenvalue weighted by Crippen LogP contribution is 2.35. The van der Waals surface area contributed by atoms with E-state index in [1.165, 1.54) is 161 Å². The van der Waals surface area contributed by atoms with E-state index in [9.17, 15) is 76.0 Å². The molecule has 0 aromatic heterocycles. The molecule has 0 aliphatic carbocycles. The molecule has 0 saturated carbocycles. The third-order valence-electron chi connectivity index (χ3n) is 18.6. The Morgan fingerprint density at radius 3 is 1.23 bits per heavy atom. The van der Waals surface area contributed by atoms with Crippen LogP contribution in [0.1, 0.15) is 239 Å². The summed E-state index contributed by atoms with van der Waals surface area (Å²) in [6.07, 6.45) is 8.46. The summed E-state index contributed by atoms with van der Waals surface area (Å²) in [7, 11) is 0. The fraction of sp³-hybridized carbons (Fsp3) is 0.941. The number of aliphatic hydroxyl groups excluding tert-OH is 13. The van der Waals surface area contributed by atoms with Crippen molar-refractivity contribution in [3.63, 3.8) is 0 Å². The topological polar surface area (TPSA) is 395 Å². The molecule has 4 fully saturated rings. The average molecular weight is 1340 g/mol. The first-order valence-corrected chi connectivity index (χ1v) is 35.9. The molecule has 0 bridgehead atoms. The van der Waals surface area contributed by atoms with E-state index in [-0.39, 0.29) is 12.3 Å². The second-order valence-corrected chi connectivity index (χ2v) is 26.4. The first-order chi connectivity index (χ1) is 45.0. The lowest BCUT2D eigenvalue weighted by Gasteiger charge is -2.49. The van der Waals surface area contributed by atoms with E-state index in [1.807, 2.05) is 6.08 Å². The Morgan fingerprint density at radius 1 is 0.419 bits per heavy atom. The van der Waals surface area contributed by atoms with E-state index in [4.69, 9.17) is 37.9 Å². The van der Waals surface area contributed by atoms with Gasteiger partial charge in [0.1, 0.15) is 97.6 Å². The van der Waals surface area contributed by atoms with Crippen molar-refractivity contribution >= 4 is 11.8 Å². The lowest BCUT2D eigenvalue weighted by molar-refractivity contribution is -0.386. The maximum atomic E-state index is 13.4. The van der Waals surface area contributed by atoms with E-state index in [0.717, 1.165) is 45.4 Å². The molecule has 22 atom stereocenters. The van der Waals surface area contributed by atoms with Crippen molar-refractivity contribution in [2.75, 3.05) is 33.0 Å². The van der Waals surface area contributed by atoms with Gasteiger partial charge in [-0.25, -0.2) is 0 Å². The second kappa shape index (κ2) is 48.6. The molecule has 1 unspecified atom stereocenters. The van der Waals surface area contributed by atoms with Gasteiger partial charge >= 0.3 is 0 Å². The normalized spacial score (nSPS) is 32.4. The number of carbonyl (C=O) groups is 2. The van der Waals surface area contributed by atoms with Crippen molar-refractivity contribution < 1.29 is 114 Å². The van der Waals surface area contributed by atoms with Crippen LogP contribution in [0.3, 0.4) is 0 Å². The molecule has 546 valence electrons. The monoisotopic (exact) mass is 1340 g/mol. The van der Waals surface area contributed by atoms with Crippen molar-refractivity contribution in [2.24, 2.45) is 0 Å². The predicted octanol–water partition coefficient (Wildman–Crippen LogP) is 4.12. The Balaban J connectivity index is 1.29. The minimum Gasteiger partial charge on any atom is -0.394 e. The Kier molecular flexibility index (Phi) is 43.5. The van der Waals surface area contributed by atoms with E-state index in [0.29, 0.717) is 12.8 Å². The molecule has 4 rings (SSSR count). The minimum atomic E-state index is -2.10. The molecule has 0 aromatic rings. The van der Waals surface area contributed by atoms with Gasteiger partial charge in [0.05, 0.1) is 45.2 Å². The number of hydrogen-bond donors (Lipinski definition) is 15. The molecule has 0 radical (unpaired) electrons. The summed E-state index contributed by atoms with van der Waals surface area (Å²) in [6, 6.07) is -2.53. The van der Waals surface area contributed by atoms with Crippen LogP contribution in [0, 0.1) is 0 Å². The summed E-state index contributed by atoms with van der Waals surface area (Å²) in [5, 5.41) is 148. The molecule has 0 spiro atoms. The number of hydrogen-bond acceptors (Lipinski definition) is 23. The molecule has 2 amide bonds. The Bertz CT molecular complexity index is 1930. The number of amides is 2. The highest BCUT2D eigenvalue weighted by molar-refractivity contribution is 5.76. The lowest BCUT2D eigenvalue weighted by atomic mass is 9.95. The van der Waals surface area contributed by atoms with Gasteiger partial charge in [-0.1, -0.05) is 219 Å². The Labute approximate surface area is 553 Å². The average Bonchev–Trinajstić information content (AvgIpc) is 1.36. The molecular weight excluding hydrogens is 1210 g/mol. The smallest absolute Gasteiger partial charge is 0.220 e. The summed E-state index contributed by atoms with van der Waals surface area (Å²) < 4.78 is 46.5. The molecular formula is C68H126N2O23. The van der Waals surface area contributed by atoms with Gasteiger partial charge in [0.2, 0.25) is 11.8 Å². The van der Waals surface area contributed by atoms with Gasteiger partial charge in [-0.05, 0) is 19.3 Å². The van der Waals surface area contributed by atoms with Crippen molar-refractivity contribution in [1.82, 2.24) is 10.6 Å². The van der Waals surface area contributed by atoms with Crippen LogP contribution >= 0.6 is 0 Å². The predicted molar refractivity (Wildman–Crippen MR) is 345 cm³/mol. The maximum absolute atomic E-state index is 13.4. The SMILES string of the molecule is CCCCCCCCCCCCCC=C[C@@H](O)[C@H](CO[C@@H]1O[C@H](CO)[C@@H](O[C@@H]2O[C@H](CO)[C@H](O[C@H]3O[C@H](CO)[C@H](O)[C@H](O[C@@H]4O[C@H](CO)[C@H](O)[C@H](O)[C@H]4NC(C)=O)[C@H]3O)[C@H](O)[C@H]2O)[C@H](O)C1O)NC(=O)CCCCCCCCCCCCCCCCCCCCCCC. The van der Waals surface area contributed by atoms with E-state index in [2.05, 4.69) is 24.5 Å². The maximum Gasteiger partial charge on any atom is 0.220 e. The zero-order chi connectivity index (χ0) is 67.9. The van der Waals surface area contributed by atoms with Crippen molar-refractivity contribution in [2.45, 2.75) is 374 Å². The third-order valence-corrected chi connectivity index (χ3v) is 18.6. The minimum absolute atomic E-state index is 0.219. The van der Waals surface area contributed by atoms with Gasteiger partial charge in [0.15, 0.2) is 25.2 Å². The number of allylic oxidation sites excluding steroid dienone is 1. The van der Waals surface area contributed by atoms with E-state index < -0.39 is 174 Å². The van der Waals surface area contributed by atoms with Crippen LogP contribution < -0.4 is 10.6 Å². The molecule has 93 heavy (non-hydrogen) atoms. The molecule has 25 heteroatoms. The number of ether oxygens (including phenoxy) is 8. The van der Waals surface area contributed by atoms with E-state index >= 15 is 0 Å². The summed E-state index contributed by atoms with van der Waals surface area (Å²) >= 11 is 0. The molecule has 15 N–H and O–H groups in total. The quantitative estimate of drug-likeness (QED) is 0.0301. The standard InChI is InChI=1S/C68H126N2O23/c1-4-6-8-10-12-14-16-18-19-20-21-22-23-24-25-27-29-31-33-35-37-39-52(77)70-46(47(76)38-36-34-32-30-28-26-17-15-13-11-9-7-5-2)44-86-66-59(83)57(81)62(50(42-73)89-66)91-67-60(84)58(82)63(51(43-74)90-67)92-68-61(85)64(55(79)49(41-72)88-68)93-65-53(69-45(3)75)56(80)54(78)48(40-71)87-65/h36,38,46-51,53-68,71-74,76,78-85H,4-35,37,39-44H2,1-3H3,(H,69,75)(H,70,77)/t46-,47+,48+,49+,50+,51+,53+,54-,55-,56+,57+,58+,59?,60+,61+,62+,63-,64-,65-,66+,67-,68+/m0/s1. The molecule has 4 heterocycles. The Morgan fingerprint density at radius 2 is 0.785 bits per heavy atom. The zero-order valence-corrected chi connectivity index (χ0v) is 56.3. The van der Waals surface area contributed by atoms with Crippen LogP contribution in [0.15, 0.2) is 12.2 Å². The lowest BCUT2D eigenvalue weighted by Crippen LogP contribution is -2.69. The van der Waals surface area contributed by atoms with E-state index in [1.54, 1.807) is 6.08 Å². The van der Waals surface area contributed by atoms with Crippen molar-refractivity contribution in [1.29, 1.82) is 0 Å². The summed E-state index contributed by atoms with van der Waals surface area (Å²) in [5.41, 5.74) is 0. The van der Waals surface area contributed by atoms with Crippen LogP contribution in [0.25, 0.3) is 0 Å². The van der Waals surface area contributed by atoms with Gasteiger partial charge < -0.3 is 115 Å².